The fraction of sp³-hybridized carbons (Fsp3) is 0.143. The molecule has 10 nitrogen and oxygen atoms in total. The maximum atomic E-state index is 12.3. The lowest BCUT2D eigenvalue weighted by molar-refractivity contribution is -0.137. The van der Waals surface area contributed by atoms with Gasteiger partial charge in [-0.1, -0.05) is 6.07 Å². The summed E-state index contributed by atoms with van der Waals surface area (Å²) in [6, 6.07) is 20.5. The number of anilines is 2. The molecule has 4 rings (SSSR count). The number of nitrogens with one attached hydrogen (secondary N) is 2. The van der Waals surface area contributed by atoms with E-state index < -0.39 is 12.0 Å². The minimum absolute atomic E-state index is 0.0209. The number of hydrogen-bond donors (Lipinski definition) is 3. The number of ether oxygens (including phenoxy) is 3. The zero-order chi connectivity index (χ0) is 26.9. The van der Waals surface area contributed by atoms with Gasteiger partial charge in [0.15, 0.2) is 0 Å². The van der Waals surface area contributed by atoms with Crippen molar-refractivity contribution in [3.8, 4) is 29.1 Å². The maximum Gasteiger partial charge on any atom is 0.323 e. The monoisotopic (exact) mass is 512 g/mol. The number of amides is 2. The third-order valence-corrected chi connectivity index (χ3v) is 5.38. The molecule has 10 heteroatoms. The molecule has 0 aliphatic carbocycles. The third kappa shape index (κ3) is 6.67. The van der Waals surface area contributed by atoms with E-state index in [0.717, 1.165) is 0 Å². The predicted octanol–water partition coefficient (Wildman–Crippen LogP) is 5.79. The summed E-state index contributed by atoms with van der Waals surface area (Å²) in [5.41, 5.74) is 2.00. The first-order chi connectivity index (χ1) is 18.4. The van der Waals surface area contributed by atoms with Crippen LogP contribution >= 0.6 is 0 Å². The van der Waals surface area contributed by atoms with Gasteiger partial charge < -0.3 is 30.0 Å². The molecule has 2 amide bonds. The van der Waals surface area contributed by atoms with Crippen LogP contribution in [0.25, 0.3) is 10.9 Å². The number of hydrogen-bond acceptors (Lipinski definition) is 7. The number of rotatable bonds is 10. The molecule has 3 aromatic carbocycles. The van der Waals surface area contributed by atoms with Gasteiger partial charge in [-0.3, -0.25) is 9.78 Å². The molecule has 0 radical (unpaired) electrons. The number of pyridine rings is 1. The van der Waals surface area contributed by atoms with Crippen molar-refractivity contribution in [2.45, 2.75) is 12.8 Å². The van der Waals surface area contributed by atoms with E-state index in [1.807, 2.05) is 0 Å². The number of carbonyl (C=O) groups is 2. The average molecular weight is 513 g/mol. The highest BCUT2D eigenvalue weighted by Gasteiger charge is 2.12. The van der Waals surface area contributed by atoms with Crippen LogP contribution in [0.5, 0.6) is 23.0 Å². The van der Waals surface area contributed by atoms with Crippen molar-refractivity contribution in [1.29, 1.82) is 5.26 Å². The molecule has 0 atom stereocenters. The Balaban J connectivity index is 1.43. The van der Waals surface area contributed by atoms with Gasteiger partial charge in [0.05, 0.1) is 24.8 Å². The molecule has 0 saturated carbocycles. The van der Waals surface area contributed by atoms with Crippen molar-refractivity contribution in [3.63, 3.8) is 0 Å². The van der Waals surface area contributed by atoms with Gasteiger partial charge in [-0.25, -0.2) is 4.79 Å². The van der Waals surface area contributed by atoms with Gasteiger partial charge in [-0.15, -0.1) is 0 Å². The van der Waals surface area contributed by atoms with Crippen LogP contribution in [-0.4, -0.2) is 35.8 Å². The molecule has 4 aromatic rings. The Morgan fingerprint density at radius 3 is 2.50 bits per heavy atom. The predicted molar refractivity (Wildman–Crippen MR) is 141 cm³/mol. The van der Waals surface area contributed by atoms with E-state index in [2.05, 4.69) is 21.7 Å². The average Bonchev–Trinajstić information content (AvgIpc) is 2.92. The number of carboxylic acid groups (broad SMARTS) is 1. The molecule has 0 spiro atoms. The van der Waals surface area contributed by atoms with Gasteiger partial charge in [0.2, 0.25) is 0 Å². The summed E-state index contributed by atoms with van der Waals surface area (Å²) in [4.78, 5) is 27.4. The number of carboxylic acids is 1. The quantitative estimate of drug-likeness (QED) is 0.226. The number of nitriles is 1. The fourth-order valence-corrected chi connectivity index (χ4v) is 3.58. The van der Waals surface area contributed by atoms with Crippen molar-refractivity contribution in [1.82, 2.24) is 4.98 Å². The van der Waals surface area contributed by atoms with Crippen LogP contribution in [0.3, 0.4) is 0 Å². The Labute approximate surface area is 218 Å². The van der Waals surface area contributed by atoms with Gasteiger partial charge in [0, 0.05) is 41.5 Å². The van der Waals surface area contributed by atoms with Gasteiger partial charge in [0.25, 0.3) is 0 Å². The highest BCUT2D eigenvalue weighted by Crippen LogP contribution is 2.33. The van der Waals surface area contributed by atoms with Crippen molar-refractivity contribution >= 4 is 34.3 Å². The van der Waals surface area contributed by atoms with Gasteiger partial charge >= 0.3 is 12.0 Å². The maximum absolute atomic E-state index is 12.3. The largest absolute Gasteiger partial charge is 0.497 e. The summed E-state index contributed by atoms with van der Waals surface area (Å²) >= 11 is 0. The summed E-state index contributed by atoms with van der Waals surface area (Å²) < 4.78 is 16.8. The van der Waals surface area contributed by atoms with E-state index >= 15 is 0 Å². The zero-order valence-electron chi connectivity index (χ0n) is 20.4. The number of benzene rings is 3. The topological polar surface area (TPSA) is 143 Å². The minimum Gasteiger partial charge on any atom is -0.497 e. The molecular weight excluding hydrogens is 488 g/mol. The molecule has 0 saturated heterocycles. The molecule has 0 aliphatic rings. The smallest absolute Gasteiger partial charge is 0.323 e. The Bertz CT molecular complexity index is 1500. The SMILES string of the molecule is COc1cccc(NC(=O)Nc2ccc(Oc3ccnc4cc(OCCCC(=O)O)c(C#N)cc34)cc2)c1. The van der Waals surface area contributed by atoms with E-state index in [1.54, 1.807) is 80.0 Å². The summed E-state index contributed by atoms with van der Waals surface area (Å²) in [5.74, 6) is 1.06. The van der Waals surface area contributed by atoms with Crippen LogP contribution < -0.4 is 24.8 Å². The van der Waals surface area contributed by atoms with E-state index in [-0.39, 0.29) is 18.6 Å². The van der Waals surface area contributed by atoms with E-state index in [1.165, 1.54) is 0 Å². The van der Waals surface area contributed by atoms with Crippen molar-refractivity contribution in [2.24, 2.45) is 0 Å². The lowest BCUT2D eigenvalue weighted by Crippen LogP contribution is -2.19. The Hall–Kier alpha value is -5.30. The van der Waals surface area contributed by atoms with E-state index in [9.17, 15) is 14.9 Å². The second kappa shape index (κ2) is 12.1. The molecule has 192 valence electrons. The molecule has 3 N–H and O–H groups in total. The van der Waals surface area contributed by atoms with Gasteiger partial charge in [-0.05, 0) is 55.0 Å². The first kappa shape index (κ1) is 25.8. The molecule has 0 unspecified atom stereocenters. The molecule has 1 heterocycles. The van der Waals surface area contributed by atoms with E-state index in [0.29, 0.717) is 51.7 Å². The van der Waals surface area contributed by atoms with E-state index in [4.69, 9.17) is 19.3 Å². The second-order valence-corrected chi connectivity index (χ2v) is 8.07. The standard InChI is InChI=1S/C28H24N4O6/c1-36-22-5-2-4-20(15-22)32-28(35)31-19-7-9-21(10-8-19)38-25-11-12-30-24-16-26(18(17-29)14-23(24)25)37-13-3-6-27(33)34/h2,4-5,7-12,14-16H,3,6,13H2,1H3,(H,33,34)(H2,31,32,35). The van der Waals surface area contributed by atoms with Crippen LogP contribution in [0, 0.1) is 11.3 Å². The lowest BCUT2D eigenvalue weighted by atomic mass is 10.1. The fourth-order valence-electron chi connectivity index (χ4n) is 3.58. The Morgan fingerprint density at radius 1 is 0.974 bits per heavy atom. The number of carbonyl (C=O) groups excluding carboxylic acids is 1. The molecule has 0 aliphatic heterocycles. The zero-order valence-corrected chi connectivity index (χ0v) is 20.4. The number of nitrogens with zero attached hydrogens (tertiary/aromatic N) is 2. The van der Waals surface area contributed by atoms with Crippen LogP contribution in [0.2, 0.25) is 0 Å². The number of urea groups is 1. The minimum atomic E-state index is -0.906. The summed E-state index contributed by atoms with van der Waals surface area (Å²) in [7, 11) is 1.55. The summed E-state index contributed by atoms with van der Waals surface area (Å²) in [5, 5.41) is 24.5. The highest BCUT2D eigenvalue weighted by molar-refractivity contribution is 5.99. The Kier molecular flexibility index (Phi) is 8.21. The third-order valence-electron chi connectivity index (χ3n) is 5.38. The van der Waals surface area contributed by atoms with Crippen LogP contribution in [0.4, 0.5) is 16.2 Å². The number of fused-ring (bicyclic) bond motifs is 1. The summed E-state index contributed by atoms with van der Waals surface area (Å²) in [6.45, 7) is 0.167. The normalized spacial score (nSPS) is 10.3. The van der Waals surface area contributed by atoms with Crippen LogP contribution in [0.15, 0.2) is 72.9 Å². The number of aromatic nitrogens is 1. The number of aliphatic carboxylic acids is 1. The van der Waals surface area contributed by atoms with Crippen molar-refractivity contribution in [3.05, 3.63) is 78.5 Å². The van der Waals surface area contributed by atoms with Crippen molar-refractivity contribution in [2.75, 3.05) is 24.4 Å². The lowest BCUT2D eigenvalue weighted by Gasteiger charge is -2.12. The Morgan fingerprint density at radius 2 is 1.76 bits per heavy atom. The second-order valence-electron chi connectivity index (χ2n) is 8.07. The molecule has 0 fully saturated rings. The molecule has 38 heavy (non-hydrogen) atoms. The first-order valence-electron chi connectivity index (χ1n) is 11.6. The van der Waals surface area contributed by atoms with Crippen molar-refractivity contribution < 1.29 is 28.9 Å². The molecule has 0 bridgehead atoms. The van der Waals surface area contributed by atoms with Crippen LogP contribution in [0.1, 0.15) is 18.4 Å². The van der Waals surface area contributed by atoms with Crippen LogP contribution in [-0.2, 0) is 4.79 Å². The van der Waals surface area contributed by atoms with Gasteiger partial charge in [-0.2, -0.15) is 5.26 Å². The summed E-state index contributed by atoms with van der Waals surface area (Å²) in [6.07, 6.45) is 1.88. The molecule has 1 aromatic heterocycles. The highest BCUT2D eigenvalue weighted by atomic mass is 16.5. The van der Waals surface area contributed by atoms with Gasteiger partial charge in [0.1, 0.15) is 29.1 Å². The first-order valence-corrected chi connectivity index (χ1v) is 11.6. The molecular formula is C28H24N4O6. The number of methoxy groups -OCH3 is 1.